The number of halogens is 1. The average molecular weight is 300 g/mol. The number of carbonyl (C=O) groups is 1. The lowest BCUT2D eigenvalue weighted by atomic mass is 9.91. The monoisotopic (exact) mass is 299 g/mol. The van der Waals surface area contributed by atoms with Crippen LogP contribution in [0.2, 0.25) is 0 Å². The molecule has 0 N–H and O–H groups in total. The van der Waals surface area contributed by atoms with Crippen LogP contribution < -0.4 is 0 Å². The van der Waals surface area contributed by atoms with Gasteiger partial charge in [-0.05, 0) is 38.7 Å². The van der Waals surface area contributed by atoms with Crippen LogP contribution in [0.5, 0.6) is 0 Å². The predicted molar refractivity (Wildman–Crippen MR) is 70.5 cm³/mol. The Hall–Kier alpha value is -0.770. The third-order valence-electron chi connectivity index (χ3n) is 3.37. The molecule has 1 saturated carbocycles. The Labute approximate surface area is 110 Å². The number of hydrogen-bond donors (Lipinski definition) is 0. The Morgan fingerprint density at radius 3 is 2.82 bits per heavy atom. The Morgan fingerprint density at radius 1 is 1.59 bits per heavy atom. The molecular formula is C13H18BrNO2. The highest BCUT2D eigenvalue weighted by Crippen LogP contribution is 2.27. The molecule has 1 heterocycles. The number of furan rings is 1. The van der Waals surface area contributed by atoms with Gasteiger partial charge in [0.05, 0.1) is 6.26 Å². The van der Waals surface area contributed by atoms with E-state index in [4.69, 9.17) is 4.42 Å². The van der Waals surface area contributed by atoms with Crippen LogP contribution in [0.3, 0.4) is 0 Å². The Morgan fingerprint density at radius 2 is 2.35 bits per heavy atom. The minimum absolute atomic E-state index is 0.0538. The van der Waals surface area contributed by atoms with Crippen molar-refractivity contribution in [1.29, 1.82) is 0 Å². The first-order chi connectivity index (χ1) is 8.24. The standard InChI is InChI=1S/C13H18BrNO2/c1-10-6-9-17-12(10)13(16)15(8-3-7-14)11-4-2-5-11/h6,9,11H,2-5,7-8H2,1H3. The molecule has 0 aromatic carbocycles. The zero-order valence-electron chi connectivity index (χ0n) is 10.1. The van der Waals surface area contributed by atoms with E-state index < -0.39 is 0 Å². The zero-order valence-corrected chi connectivity index (χ0v) is 11.7. The first-order valence-corrected chi connectivity index (χ1v) is 7.27. The highest BCUT2D eigenvalue weighted by atomic mass is 79.9. The van der Waals surface area contributed by atoms with E-state index in [1.54, 1.807) is 6.26 Å². The molecule has 1 amide bonds. The first kappa shape index (κ1) is 12.7. The van der Waals surface area contributed by atoms with Crippen LogP contribution in [0.15, 0.2) is 16.7 Å². The fourth-order valence-corrected chi connectivity index (χ4v) is 2.35. The fraction of sp³-hybridized carbons (Fsp3) is 0.615. The van der Waals surface area contributed by atoms with E-state index in [-0.39, 0.29) is 5.91 Å². The number of aryl methyl sites for hydroxylation is 1. The number of rotatable bonds is 5. The molecule has 0 aliphatic heterocycles. The maximum Gasteiger partial charge on any atom is 0.290 e. The molecule has 17 heavy (non-hydrogen) atoms. The molecule has 4 heteroatoms. The number of hydrogen-bond acceptors (Lipinski definition) is 2. The molecule has 94 valence electrons. The molecule has 0 bridgehead atoms. The van der Waals surface area contributed by atoms with Crippen molar-refractivity contribution in [3.05, 3.63) is 23.7 Å². The molecule has 1 aromatic heterocycles. The predicted octanol–water partition coefficient (Wildman–Crippen LogP) is 3.37. The van der Waals surface area contributed by atoms with Gasteiger partial charge in [-0.1, -0.05) is 15.9 Å². The molecule has 2 rings (SSSR count). The lowest BCUT2D eigenvalue weighted by Crippen LogP contribution is -2.44. The Kier molecular flexibility index (Phi) is 4.26. The molecule has 3 nitrogen and oxygen atoms in total. The second kappa shape index (κ2) is 5.71. The largest absolute Gasteiger partial charge is 0.459 e. The molecule has 0 saturated heterocycles. The van der Waals surface area contributed by atoms with Crippen molar-refractivity contribution in [1.82, 2.24) is 4.90 Å². The SMILES string of the molecule is Cc1ccoc1C(=O)N(CCCBr)C1CCC1. The summed E-state index contributed by atoms with van der Waals surface area (Å²) in [5.41, 5.74) is 0.929. The minimum Gasteiger partial charge on any atom is -0.459 e. The summed E-state index contributed by atoms with van der Waals surface area (Å²) in [7, 11) is 0. The van der Waals surface area contributed by atoms with E-state index in [2.05, 4.69) is 15.9 Å². The van der Waals surface area contributed by atoms with E-state index in [1.807, 2.05) is 17.9 Å². The summed E-state index contributed by atoms with van der Waals surface area (Å²) in [6.07, 6.45) is 6.08. The summed E-state index contributed by atoms with van der Waals surface area (Å²) in [6, 6.07) is 2.27. The van der Waals surface area contributed by atoms with Gasteiger partial charge in [0.15, 0.2) is 5.76 Å². The van der Waals surface area contributed by atoms with E-state index in [0.29, 0.717) is 11.8 Å². The molecule has 1 aliphatic rings. The zero-order chi connectivity index (χ0) is 12.3. The Balaban J connectivity index is 2.09. The smallest absolute Gasteiger partial charge is 0.290 e. The number of carbonyl (C=O) groups excluding carboxylic acids is 1. The van der Waals surface area contributed by atoms with Crippen LogP contribution in [-0.4, -0.2) is 28.7 Å². The fourth-order valence-electron chi connectivity index (χ4n) is 2.10. The quantitative estimate of drug-likeness (QED) is 0.781. The number of amides is 1. The second-order valence-electron chi connectivity index (χ2n) is 4.56. The van der Waals surface area contributed by atoms with Crippen molar-refractivity contribution in [2.45, 2.75) is 38.6 Å². The van der Waals surface area contributed by atoms with Crippen LogP contribution in [0.1, 0.15) is 41.8 Å². The van der Waals surface area contributed by atoms with Gasteiger partial charge >= 0.3 is 0 Å². The average Bonchev–Trinajstić information content (AvgIpc) is 2.67. The third kappa shape index (κ3) is 2.73. The van der Waals surface area contributed by atoms with Gasteiger partial charge in [-0.2, -0.15) is 0 Å². The summed E-state index contributed by atoms with van der Waals surface area (Å²) in [5.74, 6) is 0.560. The minimum atomic E-state index is 0.0538. The van der Waals surface area contributed by atoms with Gasteiger partial charge in [-0.3, -0.25) is 4.79 Å². The van der Waals surface area contributed by atoms with E-state index in [9.17, 15) is 4.79 Å². The van der Waals surface area contributed by atoms with Gasteiger partial charge in [0.1, 0.15) is 0 Å². The number of nitrogens with zero attached hydrogens (tertiary/aromatic N) is 1. The van der Waals surface area contributed by atoms with Gasteiger partial charge in [0.25, 0.3) is 5.91 Å². The van der Waals surface area contributed by atoms with Gasteiger partial charge in [0.2, 0.25) is 0 Å². The van der Waals surface area contributed by atoms with Crippen LogP contribution in [0.4, 0.5) is 0 Å². The van der Waals surface area contributed by atoms with E-state index >= 15 is 0 Å². The molecule has 0 spiro atoms. The first-order valence-electron chi connectivity index (χ1n) is 6.15. The summed E-state index contributed by atoms with van der Waals surface area (Å²) in [6.45, 7) is 2.73. The van der Waals surface area contributed by atoms with Crippen molar-refractivity contribution in [3.8, 4) is 0 Å². The maximum absolute atomic E-state index is 12.4. The summed E-state index contributed by atoms with van der Waals surface area (Å²) >= 11 is 3.42. The van der Waals surface area contributed by atoms with Gasteiger partial charge < -0.3 is 9.32 Å². The van der Waals surface area contributed by atoms with Crippen LogP contribution in [-0.2, 0) is 0 Å². The van der Waals surface area contributed by atoms with Crippen molar-refractivity contribution >= 4 is 21.8 Å². The molecule has 0 unspecified atom stereocenters. The topological polar surface area (TPSA) is 33.5 Å². The van der Waals surface area contributed by atoms with Crippen LogP contribution in [0.25, 0.3) is 0 Å². The van der Waals surface area contributed by atoms with Crippen LogP contribution in [0, 0.1) is 6.92 Å². The van der Waals surface area contributed by atoms with Gasteiger partial charge in [0, 0.05) is 23.5 Å². The molecule has 1 aliphatic carbocycles. The second-order valence-corrected chi connectivity index (χ2v) is 5.35. The van der Waals surface area contributed by atoms with Crippen molar-refractivity contribution in [2.24, 2.45) is 0 Å². The number of alkyl halides is 1. The molecule has 0 atom stereocenters. The van der Waals surface area contributed by atoms with Crippen molar-refractivity contribution < 1.29 is 9.21 Å². The van der Waals surface area contributed by atoms with Crippen molar-refractivity contribution in [2.75, 3.05) is 11.9 Å². The summed E-state index contributed by atoms with van der Waals surface area (Å²) < 4.78 is 5.30. The molecular weight excluding hydrogens is 282 g/mol. The van der Waals surface area contributed by atoms with Crippen LogP contribution >= 0.6 is 15.9 Å². The van der Waals surface area contributed by atoms with Gasteiger partial charge in [-0.15, -0.1) is 0 Å². The highest BCUT2D eigenvalue weighted by Gasteiger charge is 2.30. The van der Waals surface area contributed by atoms with E-state index in [0.717, 1.165) is 36.7 Å². The Bertz CT molecular complexity index is 385. The lowest BCUT2D eigenvalue weighted by molar-refractivity contribution is 0.0548. The summed E-state index contributed by atoms with van der Waals surface area (Å²) in [4.78, 5) is 14.4. The lowest BCUT2D eigenvalue weighted by Gasteiger charge is -2.37. The van der Waals surface area contributed by atoms with Gasteiger partial charge in [-0.25, -0.2) is 0 Å². The molecule has 1 fully saturated rings. The normalized spacial score (nSPS) is 15.6. The van der Waals surface area contributed by atoms with Crippen molar-refractivity contribution in [3.63, 3.8) is 0 Å². The van der Waals surface area contributed by atoms with E-state index in [1.165, 1.54) is 6.42 Å². The highest BCUT2D eigenvalue weighted by molar-refractivity contribution is 9.09. The molecule has 0 radical (unpaired) electrons. The maximum atomic E-state index is 12.4. The molecule has 1 aromatic rings. The third-order valence-corrected chi connectivity index (χ3v) is 3.93. The summed E-state index contributed by atoms with van der Waals surface area (Å²) in [5, 5.41) is 0.931.